The van der Waals surface area contributed by atoms with Crippen LogP contribution in [0.2, 0.25) is 0 Å². The molecule has 0 amide bonds. The van der Waals surface area contributed by atoms with Gasteiger partial charge in [-0.2, -0.15) is 0 Å². The van der Waals surface area contributed by atoms with E-state index in [-0.39, 0.29) is 6.61 Å². The second-order valence-electron chi connectivity index (χ2n) is 4.66. The summed E-state index contributed by atoms with van der Waals surface area (Å²) in [4.78, 5) is 4.10. The van der Waals surface area contributed by atoms with Gasteiger partial charge >= 0.3 is 0 Å². The van der Waals surface area contributed by atoms with Crippen LogP contribution >= 0.6 is 0 Å². The van der Waals surface area contributed by atoms with Gasteiger partial charge in [0.25, 0.3) is 0 Å². The molecule has 2 heterocycles. The molecule has 1 aromatic heterocycles. The van der Waals surface area contributed by atoms with Crippen molar-refractivity contribution < 1.29 is 14.6 Å². The van der Waals surface area contributed by atoms with Gasteiger partial charge in [-0.15, -0.1) is 0 Å². The minimum Gasteiger partial charge on any atom is -0.490 e. The van der Waals surface area contributed by atoms with Crippen molar-refractivity contribution in [3.63, 3.8) is 0 Å². The summed E-state index contributed by atoms with van der Waals surface area (Å²) in [5.74, 6) is 1.47. The maximum atomic E-state index is 9.20. The molecule has 0 spiro atoms. The Morgan fingerprint density at radius 3 is 2.90 bits per heavy atom. The molecule has 1 aliphatic rings. The first kappa shape index (κ1) is 13.0. The monoisotopic (exact) mass is 275 g/mol. The molecule has 0 aliphatic carbocycles. The van der Waals surface area contributed by atoms with Crippen molar-refractivity contribution in [3.05, 3.63) is 36.4 Å². The topological polar surface area (TPSA) is 82.5 Å². The highest BCUT2D eigenvalue weighted by Gasteiger charge is 2.15. The zero-order chi connectivity index (χ0) is 13.9. The maximum absolute atomic E-state index is 9.20. The van der Waals surface area contributed by atoms with Gasteiger partial charge < -0.3 is 24.9 Å². The summed E-state index contributed by atoms with van der Waals surface area (Å²) in [6.07, 6.45) is 4.20. The predicted octanol–water partition coefficient (Wildman–Crippen LogP) is 1.03. The lowest BCUT2D eigenvalue weighted by atomic mass is 10.2. The Morgan fingerprint density at radius 1 is 1.30 bits per heavy atom. The van der Waals surface area contributed by atoms with Crippen LogP contribution in [0.4, 0.5) is 0 Å². The molecule has 0 fully saturated rings. The number of fused-ring (bicyclic) bond motifs is 1. The van der Waals surface area contributed by atoms with Crippen molar-refractivity contribution in [2.45, 2.75) is 12.5 Å². The van der Waals surface area contributed by atoms with Crippen LogP contribution in [0.5, 0.6) is 11.5 Å². The summed E-state index contributed by atoms with van der Waals surface area (Å²) in [6, 6.07) is 5.23. The SMILES string of the molecule is NC(CO)c1cncn1-c1ccc2c(c1)OCCCO2. The average Bonchev–Trinajstić information content (AvgIpc) is 2.85. The standard InChI is InChI=1S/C14H17N3O3/c15-11(8-18)12-7-16-9-17(12)10-2-3-13-14(6-10)20-5-1-4-19-13/h2-3,6-7,9,11,18H,1,4-5,8,15H2. The Morgan fingerprint density at radius 2 is 2.10 bits per heavy atom. The highest BCUT2D eigenvalue weighted by Crippen LogP contribution is 2.32. The molecule has 0 saturated heterocycles. The number of benzene rings is 1. The normalized spacial score (nSPS) is 15.7. The first-order valence-electron chi connectivity index (χ1n) is 6.58. The molecule has 3 N–H and O–H groups in total. The van der Waals surface area contributed by atoms with Crippen LogP contribution in [0.3, 0.4) is 0 Å². The van der Waals surface area contributed by atoms with Crippen LogP contribution in [-0.4, -0.2) is 34.5 Å². The number of hydrogen-bond donors (Lipinski definition) is 2. The highest BCUT2D eigenvalue weighted by atomic mass is 16.5. The van der Waals surface area contributed by atoms with Crippen molar-refractivity contribution in [1.29, 1.82) is 0 Å². The van der Waals surface area contributed by atoms with Crippen molar-refractivity contribution in [2.75, 3.05) is 19.8 Å². The van der Waals surface area contributed by atoms with Crippen LogP contribution in [-0.2, 0) is 0 Å². The lowest BCUT2D eigenvalue weighted by Crippen LogP contribution is -2.18. The van der Waals surface area contributed by atoms with Crippen molar-refractivity contribution in [3.8, 4) is 17.2 Å². The molecule has 6 nitrogen and oxygen atoms in total. The molecule has 1 atom stereocenters. The van der Waals surface area contributed by atoms with E-state index in [4.69, 9.17) is 15.2 Å². The Bertz CT molecular complexity index is 597. The third kappa shape index (κ3) is 2.35. The Kier molecular flexibility index (Phi) is 3.58. The summed E-state index contributed by atoms with van der Waals surface area (Å²) in [5, 5.41) is 9.20. The minimum absolute atomic E-state index is 0.129. The van der Waals surface area contributed by atoms with Crippen LogP contribution in [0.15, 0.2) is 30.7 Å². The first-order valence-corrected chi connectivity index (χ1v) is 6.58. The number of nitrogens with two attached hydrogens (primary N) is 1. The Hall–Kier alpha value is -2.05. The molecule has 0 radical (unpaired) electrons. The minimum atomic E-state index is -0.464. The van der Waals surface area contributed by atoms with Gasteiger partial charge in [-0.05, 0) is 12.1 Å². The van der Waals surface area contributed by atoms with Gasteiger partial charge in [0, 0.05) is 12.5 Å². The molecule has 0 saturated carbocycles. The summed E-state index contributed by atoms with van der Waals surface area (Å²) < 4.78 is 13.1. The third-order valence-electron chi connectivity index (χ3n) is 3.25. The number of aliphatic hydroxyl groups excluding tert-OH is 1. The molecule has 106 valence electrons. The van der Waals surface area contributed by atoms with Crippen LogP contribution in [0.1, 0.15) is 18.2 Å². The number of hydrogen-bond acceptors (Lipinski definition) is 5. The Balaban J connectivity index is 1.99. The van der Waals surface area contributed by atoms with Crippen LogP contribution in [0.25, 0.3) is 5.69 Å². The van der Waals surface area contributed by atoms with Crippen molar-refractivity contribution >= 4 is 0 Å². The number of rotatable bonds is 3. The zero-order valence-electron chi connectivity index (χ0n) is 11.0. The van der Waals surface area contributed by atoms with Gasteiger partial charge in [-0.3, -0.25) is 0 Å². The molecule has 6 heteroatoms. The smallest absolute Gasteiger partial charge is 0.163 e. The third-order valence-corrected chi connectivity index (χ3v) is 3.25. The average molecular weight is 275 g/mol. The molecular weight excluding hydrogens is 258 g/mol. The second-order valence-corrected chi connectivity index (χ2v) is 4.66. The molecule has 2 aromatic rings. The molecular formula is C14H17N3O3. The van der Waals surface area contributed by atoms with Crippen LogP contribution in [0, 0.1) is 0 Å². The fourth-order valence-electron chi connectivity index (χ4n) is 2.19. The van der Waals surface area contributed by atoms with Gasteiger partial charge in [0.1, 0.15) is 0 Å². The van der Waals surface area contributed by atoms with Gasteiger partial charge in [-0.25, -0.2) is 4.98 Å². The lowest BCUT2D eigenvalue weighted by molar-refractivity contribution is 0.265. The van der Waals surface area contributed by atoms with Gasteiger partial charge in [0.05, 0.1) is 49.8 Å². The van der Waals surface area contributed by atoms with E-state index in [0.29, 0.717) is 13.2 Å². The summed E-state index contributed by atoms with van der Waals surface area (Å²) >= 11 is 0. The zero-order valence-corrected chi connectivity index (χ0v) is 11.0. The molecule has 1 unspecified atom stereocenters. The number of nitrogens with zero attached hydrogens (tertiary/aromatic N) is 2. The van der Waals surface area contributed by atoms with Crippen LogP contribution < -0.4 is 15.2 Å². The highest BCUT2D eigenvalue weighted by molar-refractivity contribution is 5.49. The number of aromatic nitrogens is 2. The van der Waals surface area contributed by atoms with E-state index >= 15 is 0 Å². The lowest BCUT2D eigenvalue weighted by Gasteiger charge is -2.14. The summed E-state index contributed by atoms with van der Waals surface area (Å²) in [5.41, 5.74) is 7.50. The van der Waals surface area contributed by atoms with Gasteiger partial charge in [-0.1, -0.05) is 0 Å². The van der Waals surface area contributed by atoms with E-state index < -0.39 is 6.04 Å². The molecule has 1 aromatic carbocycles. The molecule has 1 aliphatic heterocycles. The summed E-state index contributed by atoms with van der Waals surface area (Å²) in [7, 11) is 0. The van der Waals surface area contributed by atoms with E-state index in [0.717, 1.165) is 29.3 Å². The second kappa shape index (κ2) is 5.52. The van der Waals surface area contributed by atoms with E-state index in [1.165, 1.54) is 0 Å². The quantitative estimate of drug-likeness (QED) is 0.874. The Labute approximate surface area is 116 Å². The predicted molar refractivity (Wildman–Crippen MR) is 73.2 cm³/mol. The van der Waals surface area contributed by atoms with E-state index in [2.05, 4.69) is 4.98 Å². The fraction of sp³-hybridized carbons (Fsp3) is 0.357. The number of imidazole rings is 1. The maximum Gasteiger partial charge on any atom is 0.163 e. The molecule has 20 heavy (non-hydrogen) atoms. The first-order chi connectivity index (χ1) is 9.79. The van der Waals surface area contributed by atoms with Crippen molar-refractivity contribution in [2.24, 2.45) is 5.73 Å². The number of ether oxygens (including phenoxy) is 2. The van der Waals surface area contributed by atoms with E-state index in [1.807, 2.05) is 22.8 Å². The molecule has 0 bridgehead atoms. The van der Waals surface area contributed by atoms with Gasteiger partial charge in [0.15, 0.2) is 11.5 Å². The van der Waals surface area contributed by atoms with Gasteiger partial charge in [0.2, 0.25) is 0 Å². The summed E-state index contributed by atoms with van der Waals surface area (Å²) in [6.45, 7) is 1.18. The van der Waals surface area contributed by atoms with E-state index in [1.54, 1.807) is 12.5 Å². The van der Waals surface area contributed by atoms with E-state index in [9.17, 15) is 5.11 Å². The fourth-order valence-corrected chi connectivity index (χ4v) is 2.19. The number of aliphatic hydroxyl groups is 1. The molecule has 3 rings (SSSR count). The van der Waals surface area contributed by atoms with Crippen molar-refractivity contribution in [1.82, 2.24) is 9.55 Å². The largest absolute Gasteiger partial charge is 0.490 e.